The third-order valence-electron chi connectivity index (χ3n) is 1.42. The summed E-state index contributed by atoms with van der Waals surface area (Å²) in [5, 5.41) is 0. The Hall–Kier alpha value is -1.03. The van der Waals surface area contributed by atoms with Gasteiger partial charge in [0.15, 0.2) is 0 Å². The molecule has 0 spiro atoms. The second-order valence-electron chi connectivity index (χ2n) is 2.40. The highest BCUT2D eigenvalue weighted by atomic mass is 79.9. The van der Waals surface area contributed by atoms with Crippen molar-refractivity contribution in [2.24, 2.45) is 0 Å². The summed E-state index contributed by atoms with van der Waals surface area (Å²) in [5.74, 6) is 0. The first-order chi connectivity index (χ1) is 6.43. The molecular weight excluding hydrogens is 244 g/mol. The average Bonchev–Trinajstić information content (AvgIpc) is 2.77. The molecule has 1 heterocycles. The second-order valence-corrected chi connectivity index (χ2v) is 2.86. The zero-order valence-electron chi connectivity index (χ0n) is 7.56. The van der Waals surface area contributed by atoms with E-state index in [-0.39, 0.29) is 4.70 Å². The summed E-state index contributed by atoms with van der Waals surface area (Å²) in [5.41, 5.74) is 1.20. The van der Waals surface area contributed by atoms with Crippen molar-refractivity contribution in [3.05, 3.63) is 54.9 Å². The molecule has 0 atom stereocenters. The highest BCUT2D eigenvalue weighted by Gasteiger charge is 1.84. The zero-order valence-corrected chi connectivity index (χ0v) is 9.15. The molecule has 0 aliphatic heterocycles. The van der Waals surface area contributed by atoms with Crippen LogP contribution < -0.4 is 5.46 Å². The van der Waals surface area contributed by atoms with Gasteiger partial charge in [-0.1, -0.05) is 35.8 Å². The second kappa shape index (κ2) is 8.57. The third-order valence-corrected chi connectivity index (χ3v) is 1.95. The lowest BCUT2D eigenvalue weighted by atomic mass is 9.96. The number of hydrogen-bond acceptors (Lipinski definition) is 0. The molecule has 73 valence electrons. The minimum atomic E-state index is 0. The minimum absolute atomic E-state index is 0. The molecule has 2 rings (SSSR count). The van der Waals surface area contributed by atoms with Crippen LogP contribution in [-0.4, -0.2) is 11.1 Å². The molecule has 2 aromatic rings. The number of aromatic amines is 1. The molecule has 1 N–H and O–H groups in total. The largest absolute Gasteiger partial charge is 0.368 e. The Morgan fingerprint density at radius 3 is 1.79 bits per heavy atom. The summed E-state index contributed by atoms with van der Waals surface area (Å²) in [6.45, 7) is 0. The number of halogens is 2. The first kappa shape index (κ1) is 13.0. The van der Waals surface area contributed by atoms with E-state index in [1.165, 1.54) is 5.46 Å². The van der Waals surface area contributed by atoms with Crippen LogP contribution in [0.5, 0.6) is 0 Å². The van der Waals surface area contributed by atoms with Crippen LogP contribution in [0.4, 0.5) is 4.70 Å². The van der Waals surface area contributed by atoms with Gasteiger partial charge in [0.25, 0.3) is 0 Å². The Morgan fingerprint density at radius 2 is 1.50 bits per heavy atom. The molecule has 0 saturated heterocycles. The number of H-pyrrole nitrogens is 1. The van der Waals surface area contributed by atoms with Crippen molar-refractivity contribution in [3.63, 3.8) is 0 Å². The van der Waals surface area contributed by atoms with Crippen LogP contribution in [-0.2, 0) is 0 Å². The molecule has 0 fully saturated rings. The maximum absolute atomic E-state index is 3.23. The zero-order chi connectivity index (χ0) is 9.36. The van der Waals surface area contributed by atoms with Crippen molar-refractivity contribution in [2.75, 3.05) is 0 Å². The number of hydrogen-bond donors (Lipinski definition) is 1. The quantitative estimate of drug-likeness (QED) is 0.753. The molecule has 0 bridgehead atoms. The van der Waals surface area contributed by atoms with Crippen LogP contribution in [0.25, 0.3) is 0 Å². The van der Waals surface area contributed by atoms with Gasteiger partial charge in [-0.2, -0.15) is 15.8 Å². The summed E-state index contributed by atoms with van der Waals surface area (Å²) in [6, 6.07) is 14.0. The number of aromatic nitrogens is 1. The van der Waals surface area contributed by atoms with Crippen LogP contribution in [0.2, 0.25) is 0 Å². The van der Waals surface area contributed by atoms with E-state index in [1.54, 1.807) is 0 Å². The Balaban J connectivity index is 0.000000246. The van der Waals surface area contributed by atoms with Gasteiger partial charge in [-0.05, 0) is 12.1 Å². The molecule has 0 aliphatic rings. The Labute approximate surface area is 92.1 Å². The predicted octanol–water partition coefficient (Wildman–Crippen LogP) is 2.49. The molecule has 14 heavy (non-hydrogen) atoms. The first-order valence-electron chi connectivity index (χ1n) is 3.99. The molecule has 0 aliphatic carbocycles. The molecule has 1 nitrogen and oxygen atoms in total. The molecule has 0 saturated carbocycles. The fourth-order valence-electron chi connectivity index (χ4n) is 0.804. The fourth-order valence-corrected chi connectivity index (χ4v) is 1.11. The van der Waals surface area contributed by atoms with Crippen LogP contribution in [0.15, 0.2) is 54.9 Å². The van der Waals surface area contributed by atoms with Gasteiger partial charge in [0.1, 0.15) is 0 Å². The Morgan fingerprint density at radius 1 is 0.929 bits per heavy atom. The molecular formula is C10H11BBrFN. The van der Waals surface area contributed by atoms with Crippen LogP contribution >= 0.6 is 15.8 Å². The number of rotatable bonds is 1. The van der Waals surface area contributed by atoms with Gasteiger partial charge in [-0.25, -0.2) is 0 Å². The molecule has 1 aromatic heterocycles. The van der Waals surface area contributed by atoms with Crippen molar-refractivity contribution in [1.29, 1.82) is 0 Å². The van der Waals surface area contributed by atoms with Crippen molar-refractivity contribution in [3.8, 4) is 0 Å². The van der Waals surface area contributed by atoms with E-state index in [9.17, 15) is 0 Å². The molecule has 0 unspecified atom stereocenters. The Bertz CT molecular complexity index is 282. The molecule has 0 amide bonds. The maximum Gasteiger partial charge on any atom is 0.243 e. The molecule has 1 radical (unpaired) electrons. The fraction of sp³-hybridized carbons (Fsp3) is 0. The van der Waals surface area contributed by atoms with Gasteiger partial charge in [-0.3, -0.25) is 4.70 Å². The lowest BCUT2D eigenvalue weighted by Crippen LogP contribution is -2.05. The first-order valence-corrected chi connectivity index (χ1v) is 4.91. The van der Waals surface area contributed by atoms with Crippen molar-refractivity contribution < 1.29 is 4.70 Å². The summed E-state index contributed by atoms with van der Waals surface area (Å²) >= 11 is 3.23. The van der Waals surface area contributed by atoms with E-state index in [2.05, 4.69) is 20.7 Å². The lowest BCUT2D eigenvalue weighted by molar-refractivity contribution is 1.11. The number of nitrogens with one attached hydrogen (secondary N) is 1. The monoisotopic (exact) mass is 254 g/mol. The maximum atomic E-state index is 3.23. The summed E-state index contributed by atoms with van der Waals surface area (Å²) in [4.78, 5) is 2.86. The van der Waals surface area contributed by atoms with Gasteiger partial charge in [0, 0.05) is 12.4 Å². The van der Waals surface area contributed by atoms with Gasteiger partial charge in [0.05, 0.1) is 0 Å². The van der Waals surface area contributed by atoms with Gasteiger partial charge in [0.2, 0.25) is 6.10 Å². The SMILES string of the molecule is Br[B]c1ccccc1.F.c1cc[nH]c1. The van der Waals surface area contributed by atoms with E-state index >= 15 is 0 Å². The molecule has 4 heteroatoms. The normalized spacial score (nSPS) is 7.79. The summed E-state index contributed by atoms with van der Waals surface area (Å²) in [7, 11) is 0. The highest BCUT2D eigenvalue weighted by Crippen LogP contribution is 1.82. The van der Waals surface area contributed by atoms with Crippen LogP contribution in [0.3, 0.4) is 0 Å². The van der Waals surface area contributed by atoms with E-state index in [4.69, 9.17) is 0 Å². The van der Waals surface area contributed by atoms with E-state index < -0.39 is 0 Å². The van der Waals surface area contributed by atoms with Crippen LogP contribution in [0, 0.1) is 0 Å². The summed E-state index contributed by atoms with van der Waals surface area (Å²) in [6.07, 6.45) is 5.65. The van der Waals surface area contributed by atoms with E-state index in [1.807, 2.05) is 61.0 Å². The van der Waals surface area contributed by atoms with E-state index in [0.717, 1.165) is 0 Å². The number of benzene rings is 1. The highest BCUT2D eigenvalue weighted by molar-refractivity contribution is 9.23. The van der Waals surface area contributed by atoms with Gasteiger partial charge < -0.3 is 4.98 Å². The van der Waals surface area contributed by atoms with Crippen LogP contribution in [0.1, 0.15) is 0 Å². The molecule has 1 aromatic carbocycles. The van der Waals surface area contributed by atoms with Crippen molar-refractivity contribution in [2.45, 2.75) is 0 Å². The minimum Gasteiger partial charge on any atom is -0.368 e. The summed E-state index contributed by atoms with van der Waals surface area (Å²) < 4.78 is 0. The lowest BCUT2D eigenvalue weighted by Gasteiger charge is -1.86. The third kappa shape index (κ3) is 5.59. The Kier molecular flexibility index (Phi) is 7.94. The standard InChI is InChI=1S/C6H5BBr.C4H5N.FH/c8-7-6-4-2-1-3-5-6;1-2-4-5-3-1;/h1-5H;1-5H;1H. The van der Waals surface area contributed by atoms with Crippen molar-refractivity contribution >= 4 is 27.3 Å². The van der Waals surface area contributed by atoms with Gasteiger partial charge >= 0.3 is 0 Å². The van der Waals surface area contributed by atoms with Gasteiger partial charge in [-0.15, -0.1) is 0 Å². The smallest absolute Gasteiger partial charge is 0.243 e. The van der Waals surface area contributed by atoms with Crippen molar-refractivity contribution in [1.82, 2.24) is 4.98 Å². The topological polar surface area (TPSA) is 15.8 Å². The predicted molar refractivity (Wildman–Crippen MR) is 64.1 cm³/mol. The average molecular weight is 255 g/mol. The van der Waals surface area contributed by atoms with E-state index in [0.29, 0.717) is 0 Å².